The predicted molar refractivity (Wildman–Crippen MR) is 110 cm³/mol. The first-order valence-corrected chi connectivity index (χ1v) is 10.7. The van der Waals surface area contributed by atoms with E-state index in [0.717, 1.165) is 24.4 Å². The minimum absolute atomic E-state index is 0.131. The monoisotopic (exact) mass is 416 g/mol. The fourth-order valence-corrected chi connectivity index (χ4v) is 4.57. The molecule has 10 heteroatoms. The van der Waals surface area contributed by atoms with Gasteiger partial charge in [0, 0.05) is 24.0 Å². The van der Waals surface area contributed by atoms with Gasteiger partial charge in [0.05, 0.1) is 18.5 Å². The normalized spacial score (nSPS) is 13.5. The molecule has 0 saturated heterocycles. The highest BCUT2D eigenvalue weighted by atomic mass is 32.2. The van der Waals surface area contributed by atoms with E-state index < -0.39 is 0 Å². The van der Waals surface area contributed by atoms with Gasteiger partial charge in [-0.25, -0.2) is 9.66 Å². The molecule has 2 aromatic heterocycles. The zero-order chi connectivity index (χ0) is 19.7. The van der Waals surface area contributed by atoms with Crippen molar-refractivity contribution >= 4 is 39.8 Å². The Morgan fingerprint density at radius 3 is 2.89 bits per heavy atom. The zero-order valence-electron chi connectivity index (χ0n) is 15.5. The number of nitrogen functional groups attached to an aromatic ring is 1. The van der Waals surface area contributed by atoms with E-state index in [1.165, 1.54) is 30.0 Å². The molecule has 1 aliphatic carbocycles. The first-order chi connectivity index (χ1) is 13.6. The fourth-order valence-electron chi connectivity index (χ4n) is 2.83. The average molecular weight is 417 g/mol. The Labute approximate surface area is 170 Å². The first kappa shape index (κ1) is 18.8. The van der Waals surface area contributed by atoms with Gasteiger partial charge in [-0.05, 0) is 25.0 Å². The number of thioether (sulfide) groups is 1. The van der Waals surface area contributed by atoms with Crippen LogP contribution < -0.4 is 15.5 Å². The van der Waals surface area contributed by atoms with E-state index >= 15 is 0 Å². The van der Waals surface area contributed by atoms with Gasteiger partial charge in [0.15, 0.2) is 11.0 Å². The fraction of sp³-hybridized carbons (Fsp3) is 0.333. The summed E-state index contributed by atoms with van der Waals surface area (Å²) in [6.45, 7) is 1.51. The second-order valence-corrected chi connectivity index (χ2v) is 8.20. The molecule has 1 fully saturated rings. The summed E-state index contributed by atoms with van der Waals surface area (Å²) >= 11 is 2.89. The molecule has 28 heavy (non-hydrogen) atoms. The largest absolute Gasteiger partial charge is 0.495 e. The molecule has 0 bridgehead atoms. The standard InChI is InChI=1S/C18H20N6O2S2/c1-11(25)23(14-5-3-4-6-15(14)26-2)17-20-13(9-27-17)10-28-18-22-21-16(24(18)19)12-7-8-12/h3-6,9,12H,7-8,10,19H2,1-2H3. The third kappa shape index (κ3) is 3.69. The molecule has 8 nitrogen and oxygen atoms in total. The summed E-state index contributed by atoms with van der Waals surface area (Å²) in [4.78, 5) is 18.5. The number of carbonyl (C=O) groups is 1. The van der Waals surface area contributed by atoms with E-state index in [2.05, 4.69) is 15.2 Å². The number of benzene rings is 1. The second-order valence-electron chi connectivity index (χ2n) is 6.42. The molecule has 1 aromatic carbocycles. The number of nitrogens with two attached hydrogens (primary N) is 1. The number of carbonyl (C=O) groups excluding carboxylic acids is 1. The number of methoxy groups -OCH3 is 1. The van der Waals surface area contributed by atoms with Crippen LogP contribution >= 0.6 is 23.1 Å². The minimum Gasteiger partial charge on any atom is -0.495 e. The maximum absolute atomic E-state index is 12.3. The first-order valence-electron chi connectivity index (χ1n) is 8.79. The third-order valence-corrected chi connectivity index (χ3v) is 6.21. The van der Waals surface area contributed by atoms with Gasteiger partial charge in [0.1, 0.15) is 5.75 Å². The van der Waals surface area contributed by atoms with Crippen molar-refractivity contribution < 1.29 is 9.53 Å². The Hall–Kier alpha value is -2.59. The number of amides is 1. The minimum atomic E-state index is -0.131. The maximum atomic E-state index is 12.3. The number of hydrogen-bond acceptors (Lipinski definition) is 8. The van der Waals surface area contributed by atoms with Gasteiger partial charge in [-0.3, -0.25) is 9.69 Å². The van der Waals surface area contributed by atoms with Gasteiger partial charge in [-0.15, -0.1) is 21.5 Å². The zero-order valence-corrected chi connectivity index (χ0v) is 17.2. The van der Waals surface area contributed by atoms with E-state index in [0.29, 0.717) is 33.4 Å². The van der Waals surface area contributed by atoms with Crippen LogP contribution in [0.3, 0.4) is 0 Å². The molecule has 0 radical (unpaired) electrons. The molecule has 4 rings (SSSR count). The molecule has 0 unspecified atom stereocenters. The van der Waals surface area contributed by atoms with Gasteiger partial charge in [0.25, 0.3) is 0 Å². The molecule has 2 N–H and O–H groups in total. The molecular formula is C18H20N6O2S2. The highest BCUT2D eigenvalue weighted by molar-refractivity contribution is 7.98. The van der Waals surface area contributed by atoms with Crippen LogP contribution in [0.1, 0.15) is 37.2 Å². The van der Waals surface area contributed by atoms with Crippen LogP contribution in [-0.2, 0) is 10.5 Å². The molecular weight excluding hydrogens is 396 g/mol. The SMILES string of the molecule is COc1ccccc1N(C(C)=O)c1nc(CSc2nnc(C3CC3)n2N)cs1. The van der Waals surface area contributed by atoms with E-state index in [1.807, 2.05) is 29.6 Å². The van der Waals surface area contributed by atoms with Crippen LogP contribution in [0.5, 0.6) is 5.75 Å². The summed E-state index contributed by atoms with van der Waals surface area (Å²) in [5, 5.41) is 11.6. The van der Waals surface area contributed by atoms with Gasteiger partial charge in [0.2, 0.25) is 11.1 Å². The molecule has 1 saturated carbocycles. The van der Waals surface area contributed by atoms with Crippen LogP contribution in [0.15, 0.2) is 34.8 Å². The molecule has 146 valence electrons. The maximum Gasteiger partial charge on any atom is 0.230 e. The second kappa shape index (κ2) is 7.80. The lowest BCUT2D eigenvalue weighted by atomic mass is 10.2. The van der Waals surface area contributed by atoms with Crippen LogP contribution in [0.2, 0.25) is 0 Å². The highest BCUT2D eigenvalue weighted by Crippen LogP contribution is 2.40. The van der Waals surface area contributed by atoms with Crippen molar-refractivity contribution in [1.29, 1.82) is 0 Å². The summed E-state index contributed by atoms with van der Waals surface area (Å²) in [5.74, 6) is 8.47. The number of rotatable bonds is 7. The Morgan fingerprint density at radius 2 is 2.18 bits per heavy atom. The molecule has 0 aliphatic heterocycles. The predicted octanol–water partition coefficient (Wildman–Crippen LogP) is 3.31. The van der Waals surface area contributed by atoms with Crippen LogP contribution in [0, 0.1) is 0 Å². The molecule has 2 heterocycles. The molecule has 1 amide bonds. The summed E-state index contributed by atoms with van der Waals surface area (Å²) < 4.78 is 6.97. The lowest BCUT2D eigenvalue weighted by Gasteiger charge is -2.20. The summed E-state index contributed by atoms with van der Waals surface area (Å²) in [5.41, 5.74) is 1.52. The third-order valence-electron chi connectivity index (χ3n) is 4.35. The van der Waals surface area contributed by atoms with Crippen molar-refractivity contribution in [2.24, 2.45) is 0 Å². The average Bonchev–Trinajstić information content (AvgIpc) is 3.32. The lowest BCUT2D eigenvalue weighted by Crippen LogP contribution is -2.23. The van der Waals surface area contributed by atoms with Crippen molar-refractivity contribution in [1.82, 2.24) is 19.9 Å². The quantitative estimate of drug-likeness (QED) is 0.466. The van der Waals surface area contributed by atoms with Crippen LogP contribution in [-0.4, -0.2) is 32.9 Å². The van der Waals surface area contributed by atoms with E-state index in [4.69, 9.17) is 10.6 Å². The van der Waals surface area contributed by atoms with Crippen LogP contribution in [0.4, 0.5) is 10.8 Å². The Kier molecular flexibility index (Phi) is 5.23. The van der Waals surface area contributed by atoms with E-state index in [-0.39, 0.29) is 5.91 Å². The number of aromatic nitrogens is 4. The number of thiazole rings is 1. The molecule has 0 spiro atoms. The smallest absolute Gasteiger partial charge is 0.230 e. The number of nitrogens with zero attached hydrogens (tertiary/aromatic N) is 5. The Balaban J connectivity index is 1.51. The number of hydrogen-bond donors (Lipinski definition) is 1. The summed E-state index contributed by atoms with van der Waals surface area (Å²) in [6.07, 6.45) is 2.25. The van der Waals surface area contributed by atoms with Crippen molar-refractivity contribution in [2.75, 3.05) is 17.9 Å². The lowest BCUT2D eigenvalue weighted by molar-refractivity contribution is -0.115. The van der Waals surface area contributed by atoms with Crippen molar-refractivity contribution in [2.45, 2.75) is 36.6 Å². The summed E-state index contributed by atoms with van der Waals surface area (Å²) in [6, 6.07) is 7.39. The van der Waals surface area contributed by atoms with E-state index in [9.17, 15) is 4.79 Å². The van der Waals surface area contributed by atoms with Crippen molar-refractivity contribution in [3.63, 3.8) is 0 Å². The topological polar surface area (TPSA) is 99.2 Å². The van der Waals surface area contributed by atoms with Crippen molar-refractivity contribution in [3.05, 3.63) is 41.2 Å². The molecule has 1 aliphatic rings. The highest BCUT2D eigenvalue weighted by Gasteiger charge is 2.30. The number of anilines is 2. The molecule has 3 aromatic rings. The molecule has 0 atom stereocenters. The van der Waals surface area contributed by atoms with Gasteiger partial charge < -0.3 is 10.6 Å². The van der Waals surface area contributed by atoms with E-state index in [1.54, 1.807) is 16.7 Å². The van der Waals surface area contributed by atoms with Gasteiger partial charge >= 0.3 is 0 Å². The van der Waals surface area contributed by atoms with Crippen molar-refractivity contribution in [3.8, 4) is 5.75 Å². The summed E-state index contributed by atoms with van der Waals surface area (Å²) in [7, 11) is 1.58. The number of ether oxygens (including phenoxy) is 1. The Morgan fingerprint density at radius 1 is 1.39 bits per heavy atom. The van der Waals surface area contributed by atoms with Gasteiger partial charge in [-0.1, -0.05) is 23.9 Å². The number of para-hydroxylation sites is 2. The van der Waals surface area contributed by atoms with Crippen LogP contribution in [0.25, 0.3) is 0 Å². The van der Waals surface area contributed by atoms with Gasteiger partial charge in [-0.2, -0.15) is 0 Å². The Bertz CT molecular complexity index is 998.